The average Bonchev–Trinajstić information content (AvgIpc) is 3.14. The van der Waals surface area contributed by atoms with E-state index in [0.717, 1.165) is 34.4 Å². The zero-order valence-corrected chi connectivity index (χ0v) is 19.1. The summed E-state index contributed by atoms with van der Waals surface area (Å²) in [7, 11) is 0. The molecule has 158 valence electrons. The van der Waals surface area contributed by atoms with Crippen LogP contribution in [-0.2, 0) is 17.1 Å². The van der Waals surface area contributed by atoms with Crippen LogP contribution in [0.25, 0.3) is 0 Å². The number of piperidine rings is 1. The predicted octanol–water partition coefficient (Wildman–Crippen LogP) is 5.21. The molecule has 1 aliphatic rings. The van der Waals surface area contributed by atoms with Crippen molar-refractivity contribution < 1.29 is 9.53 Å². The maximum absolute atomic E-state index is 11.9. The predicted molar refractivity (Wildman–Crippen MR) is 124 cm³/mol. The first-order valence-electron chi connectivity index (χ1n) is 10.2. The summed E-state index contributed by atoms with van der Waals surface area (Å²) in [5, 5.41) is 4.93. The molecule has 1 N–H and O–H groups in total. The van der Waals surface area contributed by atoms with Crippen LogP contribution < -0.4 is 10.1 Å². The molecule has 1 aliphatic heterocycles. The summed E-state index contributed by atoms with van der Waals surface area (Å²) in [4.78, 5) is 14.4. The van der Waals surface area contributed by atoms with E-state index in [0.29, 0.717) is 18.9 Å². The Kier molecular flexibility index (Phi) is 9.67. The molecule has 0 radical (unpaired) electrons. The van der Waals surface area contributed by atoms with Crippen LogP contribution in [0.4, 0.5) is 0 Å². The largest absolute Gasteiger partial charge is 0.494 e. The third-order valence-electron chi connectivity index (χ3n) is 4.85. The molecule has 1 aromatic heterocycles. The highest BCUT2D eigenvalue weighted by molar-refractivity contribution is 7.99. The van der Waals surface area contributed by atoms with Crippen molar-refractivity contribution in [2.24, 2.45) is 0 Å². The molecule has 2 heterocycles. The van der Waals surface area contributed by atoms with E-state index in [1.807, 2.05) is 17.5 Å². The van der Waals surface area contributed by atoms with Crippen molar-refractivity contribution in [2.75, 3.05) is 32.0 Å². The van der Waals surface area contributed by atoms with Gasteiger partial charge in [-0.15, -0.1) is 23.1 Å². The highest BCUT2D eigenvalue weighted by Crippen LogP contribution is 2.26. The van der Waals surface area contributed by atoms with Crippen molar-refractivity contribution in [2.45, 2.75) is 38.0 Å². The van der Waals surface area contributed by atoms with E-state index >= 15 is 0 Å². The van der Waals surface area contributed by atoms with Gasteiger partial charge in [-0.05, 0) is 67.1 Å². The van der Waals surface area contributed by atoms with Crippen molar-refractivity contribution in [1.82, 2.24) is 10.2 Å². The Bertz CT molecular complexity index is 763. The number of nitrogens with one attached hydrogen (secondary N) is 1. The van der Waals surface area contributed by atoms with Gasteiger partial charge in [-0.25, -0.2) is 0 Å². The second kappa shape index (κ2) is 12.5. The van der Waals surface area contributed by atoms with Gasteiger partial charge in [-0.2, -0.15) is 0 Å². The number of halogens is 1. The molecule has 4 nitrogen and oxygen atoms in total. The summed E-state index contributed by atoms with van der Waals surface area (Å²) in [6.45, 7) is 4.63. The highest BCUT2D eigenvalue weighted by atomic mass is 35.5. The molecule has 2 aromatic rings. The molecule has 0 atom stereocenters. The Morgan fingerprint density at radius 1 is 1.24 bits per heavy atom. The van der Waals surface area contributed by atoms with Gasteiger partial charge in [0.2, 0.25) is 5.91 Å². The van der Waals surface area contributed by atoms with Crippen molar-refractivity contribution in [3.63, 3.8) is 0 Å². The van der Waals surface area contributed by atoms with Gasteiger partial charge in [-0.1, -0.05) is 30.2 Å². The molecule has 7 heteroatoms. The Morgan fingerprint density at radius 3 is 2.90 bits per heavy atom. The van der Waals surface area contributed by atoms with E-state index in [2.05, 4.69) is 28.4 Å². The lowest BCUT2D eigenvalue weighted by Crippen LogP contribution is -2.29. The summed E-state index contributed by atoms with van der Waals surface area (Å²) in [5.74, 6) is 2.19. The van der Waals surface area contributed by atoms with Crippen LogP contribution in [0.15, 0.2) is 35.7 Å². The lowest BCUT2D eigenvalue weighted by atomic mass is 10.1. The summed E-state index contributed by atoms with van der Waals surface area (Å²) in [6, 6.07) is 10.4. The molecule has 0 bridgehead atoms. The molecule has 0 aliphatic carbocycles. The van der Waals surface area contributed by atoms with Gasteiger partial charge in [0.05, 0.1) is 16.7 Å². The molecule has 3 rings (SSSR count). The summed E-state index contributed by atoms with van der Waals surface area (Å²) >= 11 is 9.18. The molecule has 0 spiro atoms. The fourth-order valence-corrected chi connectivity index (χ4v) is 5.27. The number of thiophene rings is 1. The summed E-state index contributed by atoms with van der Waals surface area (Å²) in [5.41, 5.74) is 2.41. The van der Waals surface area contributed by atoms with Crippen molar-refractivity contribution in [3.05, 3.63) is 51.2 Å². The molecule has 29 heavy (non-hydrogen) atoms. The number of amides is 1. The van der Waals surface area contributed by atoms with Gasteiger partial charge in [0.1, 0.15) is 5.75 Å². The number of carbonyl (C=O) groups excluding carboxylic acids is 1. The molecule has 0 saturated carbocycles. The molecule has 1 amide bonds. The quantitative estimate of drug-likeness (QED) is 0.475. The summed E-state index contributed by atoms with van der Waals surface area (Å²) < 4.78 is 6.69. The zero-order chi connectivity index (χ0) is 20.3. The second-order valence-electron chi connectivity index (χ2n) is 7.25. The van der Waals surface area contributed by atoms with E-state index in [1.165, 1.54) is 49.3 Å². The SMILES string of the molecule is O=C(CSCc1ccsc1Cl)NCCCOc1cccc(CN2CCCCC2)c1. The molecular weight excluding hydrogens is 424 g/mol. The molecular formula is C22H29ClN2O2S2. The van der Waals surface area contributed by atoms with Crippen LogP contribution in [0.5, 0.6) is 5.75 Å². The lowest BCUT2D eigenvalue weighted by molar-refractivity contribution is -0.118. The van der Waals surface area contributed by atoms with E-state index in [1.54, 1.807) is 11.8 Å². The lowest BCUT2D eigenvalue weighted by Gasteiger charge is -2.26. The number of hydrogen-bond donors (Lipinski definition) is 1. The number of ether oxygens (including phenoxy) is 1. The molecule has 1 aromatic carbocycles. The van der Waals surface area contributed by atoms with Gasteiger partial charge in [0.25, 0.3) is 0 Å². The average molecular weight is 453 g/mol. The van der Waals surface area contributed by atoms with E-state index < -0.39 is 0 Å². The maximum Gasteiger partial charge on any atom is 0.230 e. The van der Waals surface area contributed by atoms with Crippen LogP contribution >= 0.6 is 34.7 Å². The third-order valence-corrected chi connectivity index (χ3v) is 7.08. The van der Waals surface area contributed by atoms with Gasteiger partial charge >= 0.3 is 0 Å². The highest BCUT2D eigenvalue weighted by Gasteiger charge is 2.10. The second-order valence-corrected chi connectivity index (χ2v) is 9.75. The minimum Gasteiger partial charge on any atom is -0.494 e. The first-order valence-corrected chi connectivity index (χ1v) is 12.6. The Hall–Kier alpha value is -1.21. The Morgan fingerprint density at radius 2 is 2.10 bits per heavy atom. The normalized spacial score (nSPS) is 14.7. The Labute approximate surface area is 187 Å². The van der Waals surface area contributed by atoms with E-state index in [9.17, 15) is 4.79 Å². The molecule has 1 fully saturated rings. The van der Waals surface area contributed by atoms with Gasteiger partial charge < -0.3 is 10.1 Å². The van der Waals surface area contributed by atoms with Crippen LogP contribution in [0, 0.1) is 0 Å². The molecule has 1 saturated heterocycles. The van der Waals surface area contributed by atoms with E-state index in [4.69, 9.17) is 16.3 Å². The number of nitrogens with zero attached hydrogens (tertiary/aromatic N) is 1. The fourth-order valence-electron chi connectivity index (χ4n) is 3.33. The topological polar surface area (TPSA) is 41.6 Å². The number of thioether (sulfide) groups is 1. The monoisotopic (exact) mass is 452 g/mol. The number of carbonyl (C=O) groups is 1. The molecule has 0 unspecified atom stereocenters. The number of likely N-dealkylation sites (tertiary alicyclic amines) is 1. The minimum absolute atomic E-state index is 0.0601. The third kappa shape index (κ3) is 8.21. The zero-order valence-electron chi connectivity index (χ0n) is 16.7. The Balaban J connectivity index is 1.26. The number of hydrogen-bond acceptors (Lipinski definition) is 5. The first kappa shape index (κ1) is 22.5. The number of benzene rings is 1. The fraction of sp³-hybridized carbons (Fsp3) is 0.500. The van der Waals surface area contributed by atoms with Gasteiger partial charge in [0.15, 0.2) is 0 Å². The van der Waals surface area contributed by atoms with Crippen molar-refractivity contribution >= 4 is 40.6 Å². The van der Waals surface area contributed by atoms with Gasteiger partial charge in [0, 0.05) is 18.8 Å². The smallest absolute Gasteiger partial charge is 0.230 e. The standard InChI is InChI=1S/C22H29ClN2O2S2/c23-22-19(8-13-29-22)16-28-17-21(26)24-9-5-12-27-20-7-4-6-18(14-20)15-25-10-2-1-3-11-25/h4,6-8,13-14H,1-3,5,9-12,15-17H2,(H,24,26). The summed E-state index contributed by atoms with van der Waals surface area (Å²) in [6.07, 6.45) is 4.77. The van der Waals surface area contributed by atoms with Crippen molar-refractivity contribution in [3.8, 4) is 5.75 Å². The van der Waals surface area contributed by atoms with Crippen LogP contribution in [0.1, 0.15) is 36.8 Å². The minimum atomic E-state index is 0.0601. The van der Waals surface area contributed by atoms with E-state index in [-0.39, 0.29) is 5.91 Å². The number of rotatable bonds is 11. The van der Waals surface area contributed by atoms with Crippen molar-refractivity contribution in [1.29, 1.82) is 0 Å². The van der Waals surface area contributed by atoms with Crippen LogP contribution in [0.3, 0.4) is 0 Å². The van der Waals surface area contributed by atoms with Crippen LogP contribution in [-0.4, -0.2) is 42.8 Å². The van der Waals surface area contributed by atoms with Crippen LogP contribution in [0.2, 0.25) is 4.34 Å². The maximum atomic E-state index is 11.9. The van der Waals surface area contributed by atoms with Gasteiger partial charge in [-0.3, -0.25) is 9.69 Å². The first-order chi connectivity index (χ1) is 14.2.